The maximum atomic E-state index is 5.25. The van der Waals surface area contributed by atoms with Gasteiger partial charge in [0.1, 0.15) is 0 Å². The van der Waals surface area contributed by atoms with Crippen LogP contribution in [0.4, 0.5) is 0 Å². The van der Waals surface area contributed by atoms with Crippen molar-refractivity contribution < 1.29 is 18.9 Å². The van der Waals surface area contributed by atoms with Gasteiger partial charge in [-0.15, -0.1) is 0 Å². The summed E-state index contributed by atoms with van der Waals surface area (Å²) in [5, 5.41) is 0. The van der Waals surface area contributed by atoms with E-state index in [9.17, 15) is 0 Å². The Kier molecular flexibility index (Phi) is 1.47. The first-order chi connectivity index (χ1) is 5.18. The first kappa shape index (κ1) is 7.49. The summed E-state index contributed by atoms with van der Waals surface area (Å²) in [4.78, 5) is 0. The van der Waals surface area contributed by atoms with Gasteiger partial charge >= 0.3 is 6.16 Å². The van der Waals surface area contributed by atoms with Crippen LogP contribution < -0.4 is 0 Å². The molecule has 64 valence electrons. The highest BCUT2D eigenvalue weighted by Crippen LogP contribution is 2.37. The molecule has 2 bridgehead atoms. The van der Waals surface area contributed by atoms with Gasteiger partial charge in [0.25, 0.3) is 0 Å². The van der Waals surface area contributed by atoms with E-state index in [0.717, 1.165) is 0 Å². The van der Waals surface area contributed by atoms with Crippen molar-refractivity contribution in [2.75, 3.05) is 26.9 Å². The van der Waals surface area contributed by atoms with Gasteiger partial charge < -0.3 is 18.9 Å². The van der Waals surface area contributed by atoms with Crippen LogP contribution in [0.2, 0.25) is 0 Å². The fraction of sp³-hybridized carbons (Fsp3) is 1.00. The van der Waals surface area contributed by atoms with E-state index in [4.69, 9.17) is 18.9 Å². The van der Waals surface area contributed by atoms with Gasteiger partial charge in [-0.25, -0.2) is 0 Å². The molecule has 4 heteroatoms. The lowest BCUT2D eigenvalue weighted by Crippen LogP contribution is -2.59. The van der Waals surface area contributed by atoms with Gasteiger partial charge in [-0.1, -0.05) is 6.92 Å². The zero-order valence-corrected chi connectivity index (χ0v) is 6.75. The van der Waals surface area contributed by atoms with Gasteiger partial charge in [0.15, 0.2) is 0 Å². The molecule has 4 nitrogen and oxygen atoms in total. The number of hydrogen-bond donors (Lipinski definition) is 0. The van der Waals surface area contributed by atoms with E-state index < -0.39 is 6.16 Å². The molecule has 3 rings (SSSR count). The van der Waals surface area contributed by atoms with Crippen molar-refractivity contribution in [2.24, 2.45) is 5.41 Å². The summed E-state index contributed by atoms with van der Waals surface area (Å²) in [6.45, 7) is 3.98. The molecule has 0 atom stereocenters. The molecule has 3 heterocycles. The van der Waals surface area contributed by atoms with E-state index in [1.54, 1.807) is 0 Å². The first-order valence-electron chi connectivity index (χ1n) is 3.65. The largest absolute Gasteiger partial charge is 0.412 e. The molecule has 0 unspecified atom stereocenters. The molecule has 3 fully saturated rings. The molecule has 0 aromatic carbocycles. The number of fused-ring (bicyclic) bond motifs is 3. The van der Waals surface area contributed by atoms with Crippen LogP contribution in [-0.2, 0) is 18.9 Å². The Bertz CT molecular complexity index is 143. The van der Waals surface area contributed by atoms with Crippen LogP contribution in [-0.4, -0.2) is 33.1 Å². The molecule has 3 aliphatic heterocycles. The predicted octanol–water partition coefficient (Wildman–Crippen LogP) is 0.327. The molecule has 0 radical (unpaired) electrons. The van der Waals surface area contributed by atoms with Crippen LogP contribution in [0.1, 0.15) is 6.92 Å². The third kappa shape index (κ3) is 1.06. The molecule has 3 aliphatic rings. The van der Waals surface area contributed by atoms with Crippen molar-refractivity contribution in [3.63, 3.8) is 0 Å². The molecular formula is C7H12O4. The third-order valence-corrected chi connectivity index (χ3v) is 2.04. The van der Waals surface area contributed by atoms with Crippen molar-refractivity contribution in [1.29, 1.82) is 0 Å². The number of rotatable bonds is 1. The summed E-state index contributed by atoms with van der Waals surface area (Å²) >= 11 is 0. The van der Waals surface area contributed by atoms with Crippen LogP contribution in [0.15, 0.2) is 0 Å². The van der Waals surface area contributed by atoms with Crippen molar-refractivity contribution in [1.82, 2.24) is 0 Å². The Labute approximate surface area is 65.4 Å². The quantitative estimate of drug-likeness (QED) is 0.554. The summed E-state index contributed by atoms with van der Waals surface area (Å²) in [6, 6.07) is 0. The van der Waals surface area contributed by atoms with Crippen molar-refractivity contribution in [3.8, 4) is 0 Å². The van der Waals surface area contributed by atoms with E-state index in [2.05, 4.69) is 6.92 Å². The minimum absolute atomic E-state index is 0.0142. The van der Waals surface area contributed by atoms with Crippen molar-refractivity contribution in [3.05, 3.63) is 0 Å². The van der Waals surface area contributed by atoms with Crippen LogP contribution in [0.5, 0.6) is 0 Å². The molecule has 0 aliphatic carbocycles. The lowest BCUT2D eigenvalue weighted by molar-refractivity contribution is -0.554. The highest BCUT2D eigenvalue weighted by Gasteiger charge is 2.51. The Morgan fingerprint density at radius 1 is 1.09 bits per heavy atom. The van der Waals surface area contributed by atoms with Crippen LogP contribution in [0.3, 0.4) is 0 Å². The smallest absolute Gasteiger partial charge is 0.307 e. The maximum Gasteiger partial charge on any atom is 0.412 e. The topological polar surface area (TPSA) is 36.9 Å². The van der Waals surface area contributed by atoms with Crippen molar-refractivity contribution in [2.45, 2.75) is 13.1 Å². The van der Waals surface area contributed by atoms with E-state index in [1.807, 2.05) is 0 Å². The zero-order chi connectivity index (χ0) is 7.95. The van der Waals surface area contributed by atoms with Gasteiger partial charge in [0.2, 0.25) is 0 Å². The fourth-order valence-electron chi connectivity index (χ4n) is 1.21. The van der Waals surface area contributed by atoms with Gasteiger partial charge in [-0.2, -0.15) is 0 Å². The average molecular weight is 160 g/mol. The molecule has 0 aromatic rings. The highest BCUT2D eigenvalue weighted by molar-refractivity contribution is 4.81. The van der Waals surface area contributed by atoms with Crippen LogP contribution in [0, 0.1) is 5.41 Å². The lowest BCUT2D eigenvalue weighted by atomic mass is 9.93. The number of ether oxygens (including phenoxy) is 4. The molecule has 0 amide bonds. The summed E-state index contributed by atoms with van der Waals surface area (Å²) in [6.07, 6.45) is -1.20. The lowest BCUT2D eigenvalue weighted by Gasteiger charge is -2.48. The average Bonchev–Trinajstić information content (AvgIpc) is 2.07. The Balaban J connectivity index is 2.12. The minimum Gasteiger partial charge on any atom is -0.307 e. The summed E-state index contributed by atoms with van der Waals surface area (Å²) in [5.74, 6) is 0. The predicted molar refractivity (Wildman–Crippen MR) is 35.7 cm³/mol. The molecule has 11 heavy (non-hydrogen) atoms. The van der Waals surface area contributed by atoms with E-state index in [1.165, 1.54) is 7.11 Å². The Morgan fingerprint density at radius 2 is 1.55 bits per heavy atom. The van der Waals surface area contributed by atoms with Crippen LogP contribution in [0.25, 0.3) is 0 Å². The van der Waals surface area contributed by atoms with Gasteiger partial charge in [0, 0.05) is 12.5 Å². The molecule has 0 aromatic heterocycles. The molecule has 0 saturated carbocycles. The van der Waals surface area contributed by atoms with Crippen molar-refractivity contribution >= 4 is 0 Å². The highest BCUT2D eigenvalue weighted by atomic mass is 17.0. The van der Waals surface area contributed by atoms with Gasteiger partial charge in [0.05, 0.1) is 19.8 Å². The second-order valence-electron chi connectivity index (χ2n) is 3.38. The summed E-state index contributed by atoms with van der Waals surface area (Å²) in [7, 11) is 1.51. The fourth-order valence-corrected chi connectivity index (χ4v) is 1.21. The monoisotopic (exact) mass is 160 g/mol. The van der Waals surface area contributed by atoms with E-state index >= 15 is 0 Å². The number of hydrogen-bond acceptors (Lipinski definition) is 4. The van der Waals surface area contributed by atoms with E-state index in [0.29, 0.717) is 19.8 Å². The van der Waals surface area contributed by atoms with Crippen LogP contribution >= 0.6 is 0 Å². The second-order valence-corrected chi connectivity index (χ2v) is 3.38. The molecule has 0 N–H and O–H groups in total. The Morgan fingerprint density at radius 3 is 1.91 bits per heavy atom. The maximum absolute atomic E-state index is 5.25. The molecular weight excluding hydrogens is 148 g/mol. The van der Waals surface area contributed by atoms with Gasteiger partial charge in [-0.3, -0.25) is 0 Å². The normalized spacial score (nSPS) is 49.6. The SMILES string of the molecule is COC12OCC(C)(CO1)CO2. The standard InChI is InChI=1S/C7H12O4/c1-6-3-9-7(8-2,10-4-6)11-5-6/h3-5H2,1-2H3. The third-order valence-electron chi connectivity index (χ3n) is 2.04. The molecule has 3 saturated heterocycles. The summed E-state index contributed by atoms with van der Waals surface area (Å²) < 4.78 is 20.7. The zero-order valence-electron chi connectivity index (χ0n) is 6.75. The van der Waals surface area contributed by atoms with Gasteiger partial charge in [-0.05, 0) is 0 Å². The first-order valence-corrected chi connectivity index (χ1v) is 3.65. The summed E-state index contributed by atoms with van der Waals surface area (Å²) in [5.41, 5.74) is 0.0142. The molecule has 0 spiro atoms. The Hall–Kier alpha value is -0.160. The minimum atomic E-state index is -1.20. The number of methoxy groups -OCH3 is 1. The second kappa shape index (κ2) is 2.17. The van der Waals surface area contributed by atoms with E-state index in [-0.39, 0.29) is 5.41 Å².